The van der Waals surface area contributed by atoms with Crippen LogP contribution in [0, 0.1) is 0 Å². The summed E-state index contributed by atoms with van der Waals surface area (Å²) in [5, 5.41) is 9.60. The van der Waals surface area contributed by atoms with E-state index in [-0.39, 0.29) is 11.1 Å². The van der Waals surface area contributed by atoms with E-state index < -0.39 is 0 Å². The Balaban J connectivity index is 1.76. The molecule has 0 fully saturated rings. The summed E-state index contributed by atoms with van der Waals surface area (Å²) >= 11 is 5.76. The summed E-state index contributed by atoms with van der Waals surface area (Å²) in [6.07, 6.45) is 3.06. The van der Waals surface area contributed by atoms with Crippen LogP contribution in [0.1, 0.15) is 10.4 Å². The molecule has 3 rings (SSSR count). The third-order valence-corrected chi connectivity index (χ3v) is 3.11. The lowest BCUT2D eigenvalue weighted by Gasteiger charge is -2.05. The maximum absolute atomic E-state index is 11.9. The highest BCUT2D eigenvalue weighted by Gasteiger charge is 2.13. The van der Waals surface area contributed by atoms with Crippen LogP contribution in [0.4, 0.5) is 5.69 Å². The van der Waals surface area contributed by atoms with Gasteiger partial charge in [-0.3, -0.25) is 9.89 Å². The zero-order valence-electron chi connectivity index (χ0n) is 10.3. The van der Waals surface area contributed by atoms with Crippen molar-refractivity contribution in [3.63, 3.8) is 0 Å². The number of rotatable bonds is 3. The molecule has 0 aliphatic heterocycles. The average molecular weight is 288 g/mol. The molecule has 100 valence electrons. The average Bonchev–Trinajstić information content (AvgIpc) is 3.10. The van der Waals surface area contributed by atoms with Crippen LogP contribution in [0.25, 0.3) is 11.3 Å². The van der Waals surface area contributed by atoms with Crippen molar-refractivity contribution in [1.82, 2.24) is 10.2 Å². The molecular weight excluding hydrogens is 278 g/mol. The summed E-state index contributed by atoms with van der Waals surface area (Å²) in [6.45, 7) is 0. The molecule has 0 unspecified atom stereocenters. The number of anilines is 1. The molecular formula is C14H10ClN3O2. The van der Waals surface area contributed by atoms with E-state index in [9.17, 15) is 4.79 Å². The second-order valence-electron chi connectivity index (χ2n) is 4.11. The SMILES string of the molecule is O=C(Nc1ccc(-c2ccn[nH]2)cc1)c1ccoc1Cl. The fraction of sp³-hybridized carbons (Fsp3) is 0. The fourth-order valence-corrected chi connectivity index (χ4v) is 2.00. The van der Waals surface area contributed by atoms with E-state index in [1.165, 1.54) is 12.3 Å². The van der Waals surface area contributed by atoms with Crippen molar-refractivity contribution in [3.05, 3.63) is 59.6 Å². The summed E-state index contributed by atoms with van der Waals surface area (Å²) in [5.74, 6) is -0.307. The fourth-order valence-electron chi connectivity index (χ4n) is 1.80. The number of hydrogen-bond acceptors (Lipinski definition) is 3. The van der Waals surface area contributed by atoms with Crippen molar-refractivity contribution < 1.29 is 9.21 Å². The van der Waals surface area contributed by atoms with E-state index in [1.54, 1.807) is 6.20 Å². The van der Waals surface area contributed by atoms with Gasteiger partial charge in [0.2, 0.25) is 5.22 Å². The highest BCUT2D eigenvalue weighted by atomic mass is 35.5. The number of furan rings is 1. The topological polar surface area (TPSA) is 70.9 Å². The minimum absolute atomic E-state index is 0.0802. The highest BCUT2D eigenvalue weighted by molar-refractivity contribution is 6.32. The number of aromatic amines is 1. The first-order chi connectivity index (χ1) is 9.74. The molecule has 2 N–H and O–H groups in total. The number of nitrogens with one attached hydrogen (secondary N) is 2. The van der Waals surface area contributed by atoms with Crippen molar-refractivity contribution >= 4 is 23.2 Å². The molecule has 0 bridgehead atoms. The molecule has 2 heterocycles. The maximum Gasteiger partial charge on any atom is 0.260 e. The van der Waals surface area contributed by atoms with Crippen LogP contribution in [0.3, 0.4) is 0 Å². The van der Waals surface area contributed by atoms with Crippen molar-refractivity contribution in [2.24, 2.45) is 0 Å². The number of halogens is 1. The number of hydrogen-bond donors (Lipinski definition) is 2. The Morgan fingerprint density at radius 1 is 1.20 bits per heavy atom. The van der Waals surface area contributed by atoms with Crippen LogP contribution >= 0.6 is 11.6 Å². The third-order valence-electron chi connectivity index (χ3n) is 2.82. The number of carbonyl (C=O) groups excluding carboxylic acids is 1. The first-order valence-corrected chi connectivity index (χ1v) is 6.26. The van der Waals surface area contributed by atoms with Crippen LogP contribution in [0.5, 0.6) is 0 Å². The molecule has 1 amide bonds. The minimum atomic E-state index is -0.307. The number of aromatic nitrogens is 2. The van der Waals surface area contributed by atoms with E-state index in [1.807, 2.05) is 30.3 Å². The van der Waals surface area contributed by atoms with E-state index in [4.69, 9.17) is 16.0 Å². The van der Waals surface area contributed by atoms with Gasteiger partial charge in [-0.25, -0.2) is 0 Å². The summed E-state index contributed by atoms with van der Waals surface area (Å²) in [6, 6.07) is 10.8. The Hall–Kier alpha value is -2.53. The maximum atomic E-state index is 11.9. The van der Waals surface area contributed by atoms with Gasteiger partial charge in [0.25, 0.3) is 5.91 Å². The Bertz CT molecular complexity index is 717. The Kier molecular flexibility index (Phi) is 3.26. The standard InChI is InChI=1S/C14H10ClN3O2/c15-13-11(6-8-20-13)14(19)17-10-3-1-9(2-4-10)12-5-7-16-18-12/h1-8H,(H,16,18)(H,17,19). The number of amides is 1. The van der Waals surface area contributed by atoms with Gasteiger partial charge in [0, 0.05) is 11.9 Å². The number of carbonyl (C=O) groups is 1. The van der Waals surface area contributed by atoms with Crippen LogP contribution < -0.4 is 5.32 Å². The van der Waals surface area contributed by atoms with E-state index >= 15 is 0 Å². The van der Waals surface area contributed by atoms with Crippen molar-refractivity contribution in [2.45, 2.75) is 0 Å². The van der Waals surface area contributed by atoms with Gasteiger partial charge < -0.3 is 9.73 Å². The molecule has 0 radical (unpaired) electrons. The first kappa shape index (κ1) is 12.5. The van der Waals surface area contributed by atoms with Gasteiger partial charge >= 0.3 is 0 Å². The van der Waals surface area contributed by atoms with E-state index in [0.717, 1.165) is 11.3 Å². The number of H-pyrrole nitrogens is 1. The number of nitrogens with zero attached hydrogens (tertiary/aromatic N) is 1. The normalized spacial score (nSPS) is 10.4. The molecule has 0 saturated carbocycles. The lowest BCUT2D eigenvalue weighted by Crippen LogP contribution is -2.11. The van der Waals surface area contributed by atoms with Gasteiger partial charge in [-0.05, 0) is 41.4 Å². The number of benzene rings is 1. The summed E-state index contributed by atoms with van der Waals surface area (Å²) in [4.78, 5) is 11.9. The summed E-state index contributed by atoms with van der Waals surface area (Å²) < 4.78 is 4.88. The quantitative estimate of drug-likeness (QED) is 0.773. The third kappa shape index (κ3) is 2.44. The predicted octanol–water partition coefficient (Wildman–Crippen LogP) is 3.58. The van der Waals surface area contributed by atoms with Gasteiger partial charge in [-0.1, -0.05) is 12.1 Å². The largest absolute Gasteiger partial charge is 0.452 e. The molecule has 0 atom stereocenters. The van der Waals surface area contributed by atoms with Crippen LogP contribution in [-0.2, 0) is 0 Å². The molecule has 3 aromatic rings. The second kappa shape index (κ2) is 5.22. The molecule has 0 aliphatic rings. The molecule has 0 saturated heterocycles. The monoisotopic (exact) mass is 287 g/mol. The molecule has 1 aromatic carbocycles. The first-order valence-electron chi connectivity index (χ1n) is 5.88. The highest BCUT2D eigenvalue weighted by Crippen LogP contribution is 2.21. The van der Waals surface area contributed by atoms with E-state index in [0.29, 0.717) is 11.3 Å². The van der Waals surface area contributed by atoms with Gasteiger partial charge in [-0.2, -0.15) is 5.10 Å². The van der Waals surface area contributed by atoms with Gasteiger partial charge in [0.1, 0.15) is 0 Å². The van der Waals surface area contributed by atoms with Crippen molar-refractivity contribution in [1.29, 1.82) is 0 Å². The molecule has 0 spiro atoms. The smallest absolute Gasteiger partial charge is 0.260 e. The summed E-state index contributed by atoms with van der Waals surface area (Å²) in [5.41, 5.74) is 2.89. The van der Waals surface area contributed by atoms with E-state index in [2.05, 4.69) is 15.5 Å². The van der Waals surface area contributed by atoms with Gasteiger partial charge in [-0.15, -0.1) is 0 Å². The Labute approximate surface area is 119 Å². The molecule has 2 aromatic heterocycles. The van der Waals surface area contributed by atoms with Crippen molar-refractivity contribution in [2.75, 3.05) is 5.32 Å². The molecule has 6 heteroatoms. The molecule has 0 aliphatic carbocycles. The summed E-state index contributed by atoms with van der Waals surface area (Å²) in [7, 11) is 0. The van der Waals surface area contributed by atoms with Crippen molar-refractivity contribution in [3.8, 4) is 11.3 Å². The Morgan fingerprint density at radius 2 is 2.00 bits per heavy atom. The molecule has 20 heavy (non-hydrogen) atoms. The second-order valence-corrected chi connectivity index (χ2v) is 4.45. The molecule has 5 nitrogen and oxygen atoms in total. The predicted molar refractivity (Wildman–Crippen MR) is 75.7 cm³/mol. The zero-order valence-corrected chi connectivity index (χ0v) is 11.0. The van der Waals surface area contributed by atoms with Crippen LogP contribution in [0.15, 0.2) is 53.3 Å². The zero-order chi connectivity index (χ0) is 13.9. The van der Waals surface area contributed by atoms with Crippen LogP contribution in [-0.4, -0.2) is 16.1 Å². The Morgan fingerprint density at radius 3 is 2.60 bits per heavy atom. The van der Waals surface area contributed by atoms with Gasteiger partial charge in [0.15, 0.2) is 0 Å². The lowest BCUT2D eigenvalue weighted by molar-refractivity contribution is 0.102. The minimum Gasteiger partial charge on any atom is -0.452 e. The lowest BCUT2D eigenvalue weighted by atomic mass is 10.1. The van der Waals surface area contributed by atoms with Gasteiger partial charge in [0.05, 0.1) is 17.5 Å². The van der Waals surface area contributed by atoms with Crippen LogP contribution in [0.2, 0.25) is 5.22 Å².